The molecule has 2 fully saturated rings. The standard InChI is InChI=1S/C35H38FN9O3/c1-22-17-41(27-20-48-21-27)10-11-42(22)26-5-6-33(38-16-26)39-34-23(15-37)18-45(40-34)32-13-24(36)12-31(29(32)19-46)44-9-7-30-28(35(44)47)14-25-4-2-3-8-43(25)30/h5-6,12-14,16,18,22,27,46H,2-4,7-11,17,19-21H2,1H3,(H,38,39,40)/t22-/m0/s1. The van der Waals surface area contributed by atoms with Crippen LogP contribution in [0.3, 0.4) is 0 Å². The lowest BCUT2D eigenvalue weighted by atomic mass is 10.0. The SMILES string of the molecule is C[C@H]1CN(C2COC2)CCN1c1ccc(Nc2nn(-c3cc(F)cc(N4CCc5c(cc6n5CCCC6)C4=O)c3CO)cc2C#N)nc1. The molecule has 4 aliphatic rings. The molecule has 0 aliphatic carbocycles. The number of halogens is 1. The average Bonchev–Trinajstić information content (AvgIpc) is 3.66. The zero-order valence-corrected chi connectivity index (χ0v) is 26.9. The Morgan fingerprint density at radius 1 is 1.10 bits per heavy atom. The summed E-state index contributed by atoms with van der Waals surface area (Å²) in [5, 5.41) is 28.2. The molecule has 48 heavy (non-hydrogen) atoms. The Bertz CT molecular complexity index is 1910. The van der Waals surface area contributed by atoms with Gasteiger partial charge in [0.15, 0.2) is 5.82 Å². The van der Waals surface area contributed by atoms with E-state index in [4.69, 9.17) is 4.74 Å². The number of ether oxygens (including phenoxy) is 1. The molecule has 8 rings (SSSR count). The highest BCUT2D eigenvalue weighted by molar-refractivity contribution is 6.08. The molecular weight excluding hydrogens is 613 g/mol. The van der Waals surface area contributed by atoms with Crippen molar-refractivity contribution in [2.75, 3.05) is 54.5 Å². The highest BCUT2D eigenvalue weighted by Gasteiger charge is 2.34. The summed E-state index contributed by atoms with van der Waals surface area (Å²) in [6, 6.07) is 11.4. The Morgan fingerprint density at radius 3 is 2.69 bits per heavy atom. The van der Waals surface area contributed by atoms with Gasteiger partial charge < -0.3 is 29.5 Å². The van der Waals surface area contributed by atoms with E-state index in [1.165, 1.54) is 28.7 Å². The third-order valence-electron chi connectivity index (χ3n) is 10.2. The van der Waals surface area contributed by atoms with Gasteiger partial charge in [-0.25, -0.2) is 14.1 Å². The number of hydrogen-bond donors (Lipinski definition) is 2. The van der Waals surface area contributed by atoms with Crippen LogP contribution < -0.4 is 15.1 Å². The maximum absolute atomic E-state index is 15.3. The third-order valence-corrected chi connectivity index (χ3v) is 10.2. The van der Waals surface area contributed by atoms with Crippen molar-refractivity contribution < 1.29 is 19.0 Å². The quantitative estimate of drug-likeness (QED) is 0.307. The number of fused-ring (bicyclic) bond motifs is 3. The fourth-order valence-electron chi connectivity index (χ4n) is 7.63. The summed E-state index contributed by atoms with van der Waals surface area (Å²) in [7, 11) is 0. The number of piperazine rings is 1. The van der Waals surface area contributed by atoms with E-state index in [-0.39, 0.29) is 23.0 Å². The molecule has 12 nitrogen and oxygen atoms in total. The number of amides is 1. The van der Waals surface area contributed by atoms with E-state index >= 15 is 4.39 Å². The smallest absolute Gasteiger partial charge is 0.260 e. The summed E-state index contributed by atoms with van der Waals surface area (Å²) in [6.07, 6.45) is 7.08. The third kappa shape index (κ3) is 5.30. The maximum atomic E-state index is 15.3. The van der Waals surface area contributed by atoms with E-state index in [9.17, 15) is 15.2 Å². The maximum Gasteiger partial charge on any atom is 0.260 e. The lowest BCUT2D eigenvalue weighted by molar-refractivity contribution is -0.0691. The zero-order valence-electron chi connectivity index (χ0n) is 26.9. The van der Waals surface area contributed by atoms with Crippen LogP contribution in [0.25, 0.3) is 5.69 Å². The number of nitriles is 1. The molecule has 2 N–H and O–H groups in total. The van der Waals surface area contributed by atoms with Gasteiger partial charge in [0, 0.05) is 68.2 Å². The van der Waals surface area contributed by atoms with Crippen molar-refractivity contribution in [2.45, 2.75) is 57.8 Å². The van der Waals surface area contributed by atoms with E-state index in [1.807, 2.05) is 24.4 Å². The Morgan fingerprint density at radius 2 is 1.96 bits per heavy atom. The van der Waals surface area contributed by atoms with E-state index in [1.54, 1.807) is 4.90 Å². The summed E-state index contributed by atoms with van der Waals surface area (Å²) in [4.78, 5) is 24.8. The molecule has 13 heteroatoms. The Hall–Kier alpha value is -4.77. The number of nitrogens with zero attached hydrogens (tertiary/aromatic N) is 8. The minimum Gasteiger partial charge on any atom is -0.392 e. The van der Waals surface area contributed by atoms with Crippen LogP contribution in [0.2, 0.25) is 0 Å². The topological polar surface area (TPSA) is 128 Å². The van der Waals surface area contributed by atoms with Gasteiger partial charge in [0.1, 0.15) is 23.3 Å². The lowest BCUT2D eigenvalue weighted by Crippen LogP contribution is -2.59. The van der Waals surface area contributed by atoms with Crippen molar-refractivity contribution in [1.82, 2.24) is 24.2 Å². The summed E-state index contributed by atoms with van der Waals surface area (Å²) in [5.74, 6) is -0.0338. The normalized spacial score (nSPS) is 19.9. The summed E-state index contributed by atoms with van der Waals surface area (Å²) >= 11 is 0. The van der Waals surface area contributed by atoms with Crippen molar-refractivity contribution in [2.24, 2.45) is 0 Å². The number of carbonyl (C=O) groups excluding carboxylic acids is 1. The number of aryl methyl sites for hydroxylation is 1. The Kier molecular flexibility index (Phi) is 7.86. The van der Waals surface area contributed by atoms with E-state index < -0.39 is 12.4 Å². The predicted molar refractivity (Wildman–Crippen MR) is 177 cm³/mol. The molecule has 2 saturated heterocycles. The zero-order chi connectivity index (χ0) is 32.9. The Balaban J connectivity index is 1.04. The molecule has 248 valence electrons. The molecule has 0 spiro atoms. The van der Waals surface area contributed by atoms with Gasteiger partial charge in [-0.2, -0.15) is 5.26 Å². The highest BCUT2D eigenvalue weighted by Crippen LogP contribution is 2.35. The summed E-state index contributed by atoms with van der Waals surface area (Å²) < 4.78 is 24.3. The number of aliphatic hydroxyl groups excluding tert-OH is 1. The van der Waals surface area contributed by atoms with Crippen LogP contribution in [0.4, 0.5) is 27.4 Å². The number of aromatic nitrogens is 4. The minimum atomic E-state index is -0.580. The van der Waals surface area contributed by atoms with Crippen LogP contribution in [0.15, 0.2) is 42.7 Å². The molecule has 1 aromatic carbocycles. The van der Waals surface area contributed by atoms with Crippen LogP contribution in [0.5, 0.6) is 0 Å². The average molecular weight is 652 g/mol. The monoisotopic (exact) mass is 651 g/mol. The van der Waals surface area contributed by atoms with E-state index in [0.29, 0.717) is 47.7 Å². The molecule has 4 aromatic rings. The number of pyridine rings is 1. The van der Waals surface area contributed by atoms with Crippen molar-refractivity contribution in [3.8, 4) is 11.8 Å². The van der Waals surface area contributed by atoms with Crippen LogP contribution >= 0.6 is 0 Å². The number of carbonyl (C=O) groups is 1. The molecule has 1 atom stereocenters. The fourth-order valence-corrected chi connectivity index (χ4v) is 7.63. The van der Waals surface area contributed by atoms with Gasteiger partial charge in [0.05, 0.1) is 60.9 Å². The van der Waals surface area contributed by atoms with E-state index in [0.717, 1.165) is 70.0 Å². The van der Waals surface area contributed by atoms with Crippen molar-refractivity contribution in [1.29, 1.82) is 5.26 Å². The second-order valence-electron chi connectivity index (χ2n) is 13.1. The van der Waals surface area contributed by atoms with E-state index in [2.05, 4.69) is 42.8 Å². The first-order valence-corrected chi connectivity index (χ1v) is 16.7. The molecule has 4 aliphatic heterocycles. The van der Waals surface area contributed by atoms with Gasteiger partial charge in [0.25, 0.3) is 5.91 Å². The number of aliphatic hydroxyl groups is 1. The largest absolute Gasteiger partial charge is 0.392 e. The van der Waals surface area contributed by atoms with Gasteiger partial charge in [0.2, 0.25) is 0 Å². The number of anilines is 4. The second-order valence-corrected chi connectivity index (χ2v) is 13.1. The molecule has 0 bridgehead atoms. The van der Waals surface area contributed by atoms with Crippen LogP contribution in [0.1, 0.15) is 52.6 Å². The summed E-state index contributed by atoms with van der Waals surface area (Å²) in [6.45, 7) is 7.50. The number of hydrogen-bond acceptors (Lipinski definition) is 9. The number of nitrogens with one attached hydrogen (secondary N) is 1. The van der Waals surface area contributed by atoms with Crippen LogP contribution in [0, 0.1) is 17.1 Å². The predicted octanol–water partition coefficient (Wildman–Crippen LogP) is 3.76. The summed E-state index contributed by atoms with van der Waals surface area (Å²) in [5.41, 5.74) is 4.97. The molecule has 1 amide bonds. The molecule has 0 saturated carbocycles. The highest BCUT2D eigenvalue weighted by atomic mass is 19.1. The lowest BCUT2D eigenvalue weighted by Gasteiger charge is -2.46. The van der Waals surface area contributed by atoms with Crippen LogP contribution in [-0.2, 0) is 30.7 Å². The number of benzene rings is 1. The molecule has 0 unspecified atom stereocenters. The van der Waals surface area contributed by atoms with Gasteiger partial charge in [-0.1, -0.05) is 0 Å². The van der Waals surface area contributed by atoms with Gasteiger partial charge in [-0.15, -0.1) is 5.10 Å². The van der Waals surface area contributed by atoms with Crippen molar-refractivity contribution >= 4 is 28.9 Å². The Labute approximate surface area is 277 Å². The minimum absolute atomic E-state index is 0.205. The molecule has 7 heterocycles. The molecule has 0 radical (unpaired) electrons. The first-order chi connectivity index (χ1) is 23.4. The molecule has 3 aromatic heterocycles. The first kappa shape index (κ1) is 30.6. The fraction of sp³-hybridized carbons (Fsp3) is 0.429. The van der Waals surface area contributed by atoms with Crippen LogP contribution in [-0.4, -0.2) is 86.7 Å². The number of rotatable bonds is 7. The molecular formula is C35H38FN9O3. The van der Waals surface area contributed by atoms with Gasteiger partial charge in [-0.05, 0) is 50.5 Å². The van der Waals surface area contributed by atoms with Gasteiger partial charge in [-0.3, -0.25) is 9.69 Å². The van der Waals surface area contributed by atoms with Crippen molar-refractivity contribution in [3.63, 3.8) is 0 Å². The van der Waals surface area contributed by atoms with Crippen molar-refractivity contribution in [3.05, 3.63) is 76.6 Å². The second kappa shape index (κ2) is 12.4. The van der Waals surface area contributed by atoms with Gasteiger partial charge >= 0.3 is 0 Å². The first-order valence-electron chi connectivity index (χ1n) is 16.7.